The second-order valence-electron chi connectivity index (χ2n) is 7.60. The van der Waals surface area contributed by atoms with E-state index >= 15 is 0 Å². The predicted molar refractivity (Wildman–Crippen MR) is 142 cm³/mol. The molecule has 3 rings (SSSR count). The normalized spacial score (nSPS) is 11.0. The van der Waals surface area contributed by atoms with E-state index in [1.165, 1.54) is 6.08 Å². The fourth-order valence-electron chi connectivity index (χ4n) is 3.14. The third-order valence-electron chi connectivity index (χ3n) is 5.07. The Bertz CT molecular complexity index is 1260. The lowest BCUT2D eigenvalue weighted by Crippen LogP contribution is -2.13. The molecule has 0 aliphatic heterocycles. The van der Waals surface area contributed by atoms with Gasteiger partial charge < -0.3 is 14.8 Å². The van der Waals surface area contributed by atoms with Crippen LogP contribution in [0.25, 0.3) is 6.08 Å². The monoisotopic (exact) mass is 582 g/mol. The van der Waals surface area contributed by atoms with Crippen LogP contribution in [-0.2, 0) is 11.4 Å². The molecule has 0 unspecified atom stereocenters. The van der Waals surface area contributed by atoms with Crippen LogP contribution < -0.4 is 14.8 Å². The number of aryl methyl sites for hydroxylation is 2. The van der Waals surface area contributed by atoms with Crippen molar-refractivity contribution in [2.75, 3.05) is 11.9 Å². The van der Waals surface area contributed by atoms with Gasteiger partial charge in [-0.05, 0) is 101 Å². The van der Waals surface area contributed by atoms with Gasteiger partial charge in [-0.1, -0.05) is 34.1 Å². The van der Waals surface area contributed by atoms with Gasteiger partial charge in [0.25, 0.3) is 5.91 Å². The lowest BCUT2D eigenvalue weighted by Gasteiger charge is -2.15. The molecule has 0 aliphatic rings. The highest BCUT2D eigenvalue weighted by atomic mass is 79.9. The number of nitriles is 1. The van der Waals surface area contributed by atoms with Crippen LogP contribution in [-0.4, -0.2) is 12.5 Å². The molecular formula is C27H24Br2N2O3. The molecular weight excluding hydrogens is 560 g/mol. The van der Waals surface area contributed by atoms with Crippen LogP contribution >= 0.6 is 31.9 Å². The molecule has 0 atom stereocenters. The van der Waals surface area contributed by atoms with Crippen molar-refractivity contribution in [2.24, 2.45) is 0 Å². The summed E-state index contributed by atoms with van der Waals surface area (Å²) in [5, 5.41) is 12.4. The second kappa shape index (κ2) is 11.9. The summed E-state index contributed by atoms with van der Waals surface area (Å²) in [6.07, 6.45) is 1.53. The van der Waals surface area contributed by atoms with Crippen LogP contribution in [0.15, 0.2) is 69.1 Å². The maximum atomic E-state index is 12.7. The Hall–Kier alpha value is -3.08. The van der Waals surface area contributed by atoms with E-state index in [2.05, 4.69) is 37.2 Å². The molecule has 3 aromatic carbocycles. The average molecular weight is 584 g/mol. The standard InChI is InChI=1S/C27H24Br2N2O3/c1-4-33-25-14-20(13-24(29)26(25)34-16-19-6-8-22(28)9-7-19)12-21(15-30)27(32)31-23-10-5-17(2)18(3)11-23/h5-14H,4,16H2,1-3H3,(H,31,32)/b21-12+. The SMILES string of the molecule is CCOc1cc(/C=C(\C#N)C(=O)Nc2ccc(C)c(C)c2)cc(Br)c1OCc1ccc(Br)cc1. The van der Waals surface area contributed by atoms with Crippen LogP contribution in [0.5, 0.6) is 11.5 Å². The van der Waals surface area contributed by atoms with E-state index in [-0.39, 0.29) is 5.57 Å². The topological polar surface area (TPSA) is 71.3 Å². The van der Waals surface area contributed by atoms with Gasteiger partial charge in [0.15, 0.2) is 11.5 Å². The molecule has 34 heavy (non-hydrogen) atoms. The van der Waals surface area contributed by atoms with Crippen molar-refractivity contribution in [2.45, 2.75) is 27.4 Å². The Morgan fingerprint density at radius 3 is 2.41 bits per heavy atom. The molecule has 1 N–H and O–H groups in total. The van der Waals surface area contributed by atoms with Crippen molar-refractivity contribution >= 4 is 49.5 Å². The summed E-state index contributed by atoms with van der Waals surface area (Å²) in [7, 11) is 0. The predicted octanol–water partition coefficient (Wildman–Crippen LogP) is 7.35. The van der Waals surface area contributed by atoms with E-state index < -0.39 is 5.91 Å². The number of amides is 1. The molecule has 0 aromatic heterocycles. The quantitative estimate of drug-likeness (QED) is 0.222. The van der Waals surface area contributed by atoms with Gasteiger partial charge in [0, 0.05) is 10.2 Å². The van der Waals surface area contributed by atoms with Crippen LogP contribution in [0.2, 0.25) is 0 Å². The first kappa shape index (κ1) is 25.5. The van der Waals surface area contributed by atoms with Crippen molar-refractivity contribution in [3.8, 4) is 17.6 Å². The number of carbonyl (C=O) groups is 1. The molecule has 0 radical (unpaired) electrons. The summed E-state index contributed by atoms with van der Waals surface area (Å²) in [5.41, 5.74) is 4.46. The van der Waals surface area contributed by atoms with Crippen molar-refractivity contribution in [3.05, 3.63) is 91.4 Å². The van der Waals surface area contributed by atoms with E-state index in [1.807, 2.05) is 69.3 Å². The lowest BCUT2D eigenvalue weighted by molar-refractivity contribution is -0.112. The maximum absolute atomic E-state index is 12.7. The molecule has 3 aromatic rings. The van der Waals surface area contributed by atoms with E-state index in [0.29, 0.717) is 40.4 Å². The number of benzene rings is 3. The number of anilines is 1. The second-order valence-corrected chi connectivity index (χ2v) is 9.37. The first-order valence-electron chi connectivity index (χ1n) is 10.6. The summed E-state index contributed by atoms with van der Waals surface area (Å²) < 4.78 is 13.5. The molecule has 0 fully saturated rings. The van der Waals surface area contributed by atoms with Gasteiger partial charge in [-0.15, -0.1) is 0 Å². The smallest absolute Gasteiger partial charge is 0.266 e. The minimum Gasteiger partial charge on any atom is -0.490 e. The van der Waals surface area contributed by atoms with Crippen LogP contribution in [0, 0.1) is 25.2 Å². The van der Waals surface area contributed by atoms with E-state index in [9.17, 15) is 10.1 Å². The Morgan fingerprint density at radius 1 is 1.03 bits per heavy atom. The number of nitrogens with zero attached hydrogens (tertiary/aromatic N) is 1. The summed E-state index contributed by atoms with van der Waals surface area (Å²) in [6, 6.07) is 19.0. The highest BCUT2D eigenvalue weighted by Crippen LogP contribution is 2.38. The van der Waals surface area contributed by atoms with Crippen molar-refractivity contribution in [1.29, 1.82) is 5.26 Å². The summed E-state index contributed by atoms with van der Waals surface area (Å²) in [6.45, 7) is 6.66. The zero-order chi connectivity index (χ0) is 24.7. The number of halogens is 2. The van der Waals surface area contributed by atoms with E-state index in [1.54, 1.807) is 12.1 Å². The number of ether oxygens (including phenoxy) is 2. The number of rotatable bonds is 8. The molecule has 0 bridgehead atoms. The van der Waals surface area contributed by atoms with Gasteiger partial charge >= 0.3 is 0 Å². The highest BCUT2D eigenvalue weighted by molar-refractivity contribution is 9.10. The van der Waals surface area contributed by atoms with Gasteiger partial charge in [0.2, 0.25) is 0 Å². The van der Waals surface area contributed by atoms with Crippen molar-refractivity contribution in [3.63, 3.8) is 0 Å². The van der Waals surface area contributed by atoms with Crippen molar-refractivity contribution < 1.29 is 14.3 Å². The number of carbonyl (C=O) groups excluding carboxylic acids is 1. The number of hydrogen-bond acceptors (Lipinski definition) is 4. The Morgan fingerprint density at radius 2 is 1.76 bits per heavy atom. The van der Waals surface area contributed by atoms with E-state index in [0.717, 1.165) is 21.2 Å². The number of nitrogens with one attached hydrogen (secondary N) is 1. The van der Waals surface area contributed by atoms with Gasteiger partial charge in [-0.2, -0.15) is 5.26 Å². The first-order chi connectivity index (χ1) is 16.3. The molecule has 1 amide bonds. The maximum Gasteiger partial charge on any atom is 0.266 e. The zero-order valence-electron chi connectivity index (χ0n) is 19.1. The van der Waals surface area contributed by atoms with Gasteiger partial charge in [-0.25, -0.2) is 0 Å². The first-order valence-corrected chi connectivity index (χ1v) is 12.2. The molecule has 174 valence electrons. The summed E-state index contributed by atoms with van der Waals surface area (Å²) in [5.74, 6) is 0.600. The summed E-state index contributed by atoms with van der Waals surface area (Å²) >= 11 is 6.97. The Balaban J connectivity index is 1.84. The third-order valence-corrected chi connectivity index (χ3v) is 6.19. The third kappa shape index (κ3) is 6.72. The Labute approximate surface area is 216 Å². The Kier molecular flexibility index (Phi) is 8.91. The highest BCUT2D eigenvalue weighted by Gasteiger charge is 2.15. The van der Waals surface area contributed by atoms with E-state index in [4.69, 9.17) is 9.47 Å². The number of hydrogen-bond donors (Lipinski definition) is 1. The van der Waals surface area contributed by atoms with Gasteiger partial charge in [0.1, 0.15) is 18.2 Å². The lowest BCUT2D eigenvalue weighted by atomic mass is 10.1. The molecule has 0 saturated carbocycles. The van der Waals surface area contributed by atoms with Crippen LogP contribution in [0.1, 0.15) is 29.2 Å². The average Bonchev–Trinajstić information content (AvgIpc) is 2.80. The van der Waals surface area contributed by atoms with Gasteiger partial charge in [0.05, 0.1) is 11.1 Å². The van der Waals surface area contributed by atoms with Crippen molar-refractivity contribution in [1.82, 2.24) is 0 Å². The molecule has 0 aliphatic carbocycles. The minimum absolute atomic E-state index is 0.0175. The largest absolute Gasteiger partial charge is 0.490 e. The van der Waals surface area contributed by atoms with Gasteiger partial charge in [-0.3, -0.25) is 4.79 Å². The minimum atomic E-state index is -0.476. The molecule has 7 heteroatoms. The molecule has 0 spiro atoms. The molecule has 0 saturated heterocycles. The fourth-order valence-corrected chi connectivity index (χ4v) is 3.98. The molecule has 0 heterocycles. The van der Waals surface area contributed by atoms with Crippen LogP contribution in [0.3, 0.4) is 0 Å². The fraction of sp³-hybridized carbons (Fsp3) is 0.185. The molecule has 5 nitrogen and oxygen atoms in total. The van der Waals surface area contributed by atoms with Crippen LogP contribution in [0.4, 0.5) is 5.69 Å². The zero-order valence-corrected chi connectivity index (χ0v) is 22.3. The summed E-state index contributed by atoms with van der Waals surface area (Å²) in [4.78, 5) is 12.7.